The highest BCUT2D eigenvalue weighted by Gasteiger charge is 2.12. The maximum Gasteiger partial charge on any atom is 0.274 e. The Morgan fingerprint density at radius 1 is 0.964 bits per heavy atom. The summed E-state index contributed by atoms with van der Waals surface area (Å²) in [7, 11) is 0. The molecule has 0 aliphatic heterocycles. The molecule has 0 saturated heterocycles. The van der Waals surface area contributed by atoms with Crippen LogP contribution < -0.4 is 16.0 Å². The third kappa shape index (κ3) is 4.83. The molecule has 7 nitrogen and oxygen atoms in total. The Hall–Kier alpha value is -3.45. The minimum Gasteiger partial charge on any atom is -0.340 e. The summed E-state index contributed by atoms with van der Waals surface area (Å²) in [6, 6.07) is 14.0. The van der Waals surface area contributed by atoms with E-state index in [9.17, 15) is 9.59 Å². The molecule has 8 heteroatoms. The summed E-state index contributed by atoms with van der Waals surface area (Å²) in [5.74, 6) is -0.0831. The van der Waals surface area contributed by atoms with E-state index in [2.05, 4.69) is 25.9 Å². The molecule has 3 rings (SSSR count). The fraction of sp³-hybridized carbons (Fsp3) is 0.100. The lowest BCUT2D eigenvalue weighted by Gasteiger charge is -2.11. The zero-order valence-corrected chi connectivity index (χ0v) is 16.0. The van der Waals surface area contributed by atoms with Crippen LogP contribution in [0.4, 0.5) is 22.9 Å². The highest BCUT2D eigenvalue weighted by Crippen LogP contribution is 2.24. The van der Waals surface area contributed by atoms with E-state index in [0.717, 1.165) is 5.56 Å². The fourth-order valence-corrected chi connectivity index (χ4v) is 2.68. The van der Waals surface area contributed by atoms with Gasteiger partial charge in [0.25, 0.3) is 5.91 Å². The topological polar surface area (TPSA) is 96.0 Å². The molecule has 1 heterocycles. The zero-order valence-electron chi connectivity index (χ0n) is 15.3. The molecule has 0 spiro atoms. The van der Waals surface area contributed by atoms with Crippen LogP contribution in [0.2, 0.25) is 5.02 Å². The van der Waals surface area contributed by atoms with Crippen LogP contribution in [0, 0.1) is 6.92 Å². The van der Waals surface area contributed by atoms with Crippen molar-refractivity contribution in [1.82, 2.24) is 9.97 Å². The first kappa shape index (κ1) is 19.3. The second kappa shape index (κ2) is 8.49. The number of rotatable bonds is 5. The van der Waals surface area contributed by atoms with Crippen molar-refractivity contribution in [2.45, 2.75) is 13.8 Å². The van der Waals surface area contributed by atoms with E-state index in [4.69, 9.17) is 11.6 Å². The van der Waals surface area contributed by atoms with Crippen LogP contribution in [0.5, 0.6) is 0 Å². The van der Waals surface area contributed by atoms with Crippen molar-refractivity contribution in [3.05, 3.63) is 71.1 Å². The van der Waals surface area contributed by atoms with Crippen molar-refractivity contribution in [1.29, 1.82) is 0 Å². The van der Waals surface area contributed by atoms with Gasteiger partial charge in [0.15, 0.2) is 0 Å². The van der Waals surface area contributed by atoms with Gasteiger partial charge in [-0.2, -0.15) is 0 Å². The molecule has 0 atom stereocenters. The van der Waals surface area contributed by atoms with Gasteiger partial charge in [0.2, 0.25) is 5.91 Å². The number of halogens is 1. The van der Waals surface area contributed by atoms with Gasteiger partial charge >= 0.3 is 0 Å². The summed E-state index contributed by atoms with van der Waals surface area (Å²) < 4.78 is 0. The molecular weight excluding hydrogens is 378 g/mol. The molecule has 0 fully saturated rings. The Kier molecular flexibility index (Phi) is 5.86. The van der Waals surface area contributed by atoms with Gasteiger partial charge in [-0.05, 0) is 42.8 Å². The number of benzene rings is 2. The van der Waals surface area contributed by atoms with Gasteiger partial charge in [0, 0.05) is 35.1 Å². The van der Waals surface area contributed by atoms with E-state index in [1.54, 1.807) is 42.5 Å². The number of aromatic nitrogens is 2. The van der Waals surface area contributed by atoms with Crippen LogP contribution in [-0.2, 0) is 4.79 Å². The Morgan fingerprint density at radius 2 is 1.71 bits per heavy atom. The van der Waals surface area contributed by atoms with Crippen molar-refractivity contribution in [2.24, 2.45) is 0 Å². The molecular formula is C20H18ClN5O2. The van der Waals surface area contributed by atoms with E-state index in [1.807, 2.05) is 13.0 Å². The average Bonchev–Trinajstić information content (AvgIpc) is 2.65. The number of nitrogens with one attached hydrogen (secondary N) is 3. The Balaban J connectivity index is 1.76. The minimum absolute atomic E-state index is 0.158. The number of hydrogen-bond donors (Lipinski definition) is 3. The van der Waals surface area contributed by atoms with Crippen molar-refractivity contribution >= 4 is 46.3 Å². The summed E-state index contributed by atoms with van der Waals surface area (Å²) in [4.78, 5) is 31.9. The van der Waals surface area contributed by atoms with Crippen molar-refractivity contribution < 1.29 is 9.59 Å². The summed E-state index contributed by atoms with van der Waals surface area (Å²) in [5, 5.41) is 9.18. The summed E-state index contributed by atoms with van der Waals surface area (Å²) in [6.45, 7) is 3.27. The second-order valence-corrected chi connectivity index (χ2v) is 6.45. The first-order valence-electron chi connectivity index (χ1n) is 8.45. The lowest BCUT2D eigenvalue weighted by atomic mass is 10.2. The molecule has 3 N–H and O–H groups in total. The zero-order chi connectivity index (χ0) is 20.1. The minimum atomic E-state index is -0.372. The van der Waals surface area contributed by atoms with Gasteiger partial charge in [-0.25, -0.2) is 9.97 Å². The number of amides is 2. The SMILES string of the molecule is CC(=O)Nc1cccc(Nc2cc(C(=O)Nc3cccc(Cl)c3C)ncn2)c1. The van der Waals surface area contributed by atoms with Gasteiger partial charge in [-0.3, -0.25) is 9.59 Å². The monoisotopic (exact) mass is 395 g/mol. The van der Waals surface area contributed by atoms with Crippen molar-refractivity contribution in [3.8, 4) is 0 Å². The van der Waals surface area contributed by atoms with Crippen molar-refractivity contribution in [3.63, 3.8) is 0 Å². The third-order valence-electron chi connectivity index (χ3n) is 3.87. The molecule has 0 aliphatic carbocycles. The van der Waals surface area contributed by atoms with Crippen LogP contribution in [-0.4, -0.2) is 21.8 Å². The van der Waals surface area contributed by atoms with E-state index in [0.29, 0.717) is 27.9 Å². The number of anilines is 4. The quantitative estimate of drug-likeness (QED) is 0.595. The van der Waals surface area contributed by atoms with E-state index in [1.165, 1.54) is 13.3 Å². The molecule has 0 unspecified atom stereocenters. The molecule has 0 radical (unpaired) electrons. The first-order chi connectivity index (χ1) is 13.4. The predicted octanol–water partition coefficient (Wildman–Crippen LogP) is 4.39. The molecule has 142 valence electrons. The predicted molar refractivity (Wildman–Crippen MR) is 110 cm³/mol. The van der Waals surface area contributed by atoms with Crippen LogP contribution in [0.1, 0.15) is 23.0 Å². The van der Waals surface area contributed by atoms with Crippen LogP contribution in [0.3, 0.4) is 0 Å². The summed E-state index contributed by atoms with van der Waals surface area (Å²) >= 11 is 6.09. The largest absolute Gasteiger partial charge is 0.340 e. The Labute approximate surface area is 167 Å². The molecule has 3 aromatic rings. The van der Waals surface area contributed by atoms with Gasteiger partial charge < -0.3 is 16.0 Å². The molecule has 0 saturated carbocycles. The van der Waals surface area contributed by atoms with Crippen molar-refractivity contribution in [2.75, 3.05) is 16.0 Å². The van der Waals surface area contributed by atoms with Gasteiger partial charge in [0.05, 0.1) is 0 Å². The molecule has 1 aromatic heterocycles. The number of carbonyl (C=O) groups excluding carboxylic acids is 2. The molecule has 2 amide bonds. The summed E-state index contributed by atoms with van der Waals surface area (Å²) in [6.07, 6.45) is 1.31. The third-order valence-corrected chi connectivity index (χ3v) is 4.28. The van der Waals surface area contributed by atoms with E-state index >= 15 is 0 Å². The number of nitrogens with zero attached hydrogens (tertiary/aromatic N) is 2. The standard InChI is InChI=1S/C20H18ClN5O2/c1-12-16(21)7-4-8-17(12)26-20(28)18-10-19(23-11-22-18)25-15-6-3-5-14(9-15)24-13(2)27/h3-11H,1-2H3,(H,24,27)(H,26,28)(H,22,23,25). The van der Waals surface area contributed by atoms with Crippen LogP contribution in [0.15, 0.2) is 54.9 Å². The molecule has 2 aromatic carbocycles. The van der Waals surface area contributed by atoms with E-state index in [-0.39, 0.29) is 17.5 Å². The second-order valence-electron chi connectivity index (χ2n) is 6.04. The number of carbonyl (C=O) groups is 2. The highest BCUT2D eigenvalue weighted by atomic mass is 35.5. The first-order valence-corrected chi connectivity index (χ1v) is 8.83. The number of hydrogen-bond acceptors (Lipinski definition) is 5. The maximum absolute atomic E-state index is 12.5. The maximum atomic E-state index is 12.5. The van der Waals surface area contributed by atoms with Gasteiger partial charge in [-0.1, -0.05) is 23.7 Å². The smallest absolute Gasteiger partial charge is 0.274 e. The molecule has 0 bridgehead atoms. The van der Waals surface area contributed by atoms with Gasteiger partial charge in [-0.15, -0.1) is 0 Å². The fourth-order valence-electron chi connectivity index (χ4n) is 2.50. The average molecular weight is 396 g/mol. The van der Waals surface area contributed by atoms with Gasteiger partial charge in [0.1, 0.15) is 17.8 Å². The lowest BCUT2D eigenvalue weighted by Crippen LogP contribution is -2.15. The Morgan fingerprint density at radius 3 is 2.50 bits per heavy atom. The van der Waals surface area contributed by atoms with E-state index < -0.39 is 0 Å². The lowest BCUT2D eigenvalue weighted by molar-refractivity contribution is -0.114. The summed E-state index contributed by atoms with van der Waals surface area (Å²) in [5.41, 5.74) is 2.96. The highest BCUT2D eigenvalue weighted by molar-refractivity contribution is 6.31. The molecule has 0 aliphatic rings. The van der Waals surface area contributed by atoms with Crippen LogP contribution in [0.25, 0.3) is 0 Å². The Bertz CT molecular complexity index is 1040. The molecule has 28 heavy (non-hydrogen) atoms. The van der Waals surface area contributed by atoms with Crippen LogP contribution >= 0.6 is 11.6 Å². The normalized spacial score (nSPS) is 10.2.